The van der Waals surface area contributed by atoms with Crippen LogP contribution in [-0.2, 0) is 16.0 Å². The zero-order valence-corrected chi connectivity index (χ0v) is 9.73. The molecule has 1 unspecified atom stereocenters. The van der Waals surface area contributed by atoms with Gasteiger partial charge in [-0.15, -0.1) is 0 Å². The van der Waals surface area contributed by atoms with Gasteiger partial charge in [0.05, 0.1) is 7.11 Å². The number of esters is 1. The van der Waals surface area contributed by atoms with Crippen LogP contribution in [-0.4, -0.2) is 29.5 Å². The first-order chi connectivity index (χ1) is 8.02. The second-order valence-corrected chi connectivity index (χ2v) is 4.17. The lowest BCUT2D eigenvalue weighted by Crippen LogP contribution is -2.46. The molecule has 0 amide bonds. The van der Waals surface area contributed by atoms with Crippen molar-refractivity contribution in [2.45, 2.75) is 18.9 Å². The van der Waals surface area contributed by atoms with E-state index in [-0.39, 0.29) is 12.1 Å². The number of ether oxygens (including phenoxy) is 1. The number of benzene rings is 1. The second-order valence-electron chi connectivity index (χ2n) is 4.17. The highest BCUT2D eigenvalue weighted by Crippen LogP contribution is 2.32. The zero-order valence-electron chi connectivity index (χ0n) is 9.73. The van der Waals surface area contributed by atoms with Gasteiger partial charge in [0, 0.05) is 12.0 Å². The van der Waals surface area contributed by atoms with Crippen molar-refractivity contribution in [2.24, 2.45) is 10.9 Å². The number of aliphatic hydroxyl groups is 1. The van der Waals surface area contributed by atoms with Crippen molar-refractivity contribution in [3.63, 3.8) is 0 Å². The van der Waals surface area contributed by atoms with Gasteiger partial charge in [-0.05, 0) is 12.5 Å². The summed E-state index contributed by atoms with van der Waals surface area (Å²) in [6.45, 7) is 1.94. The van der Waals surface area contributed by atoms with E-state index in [1.54, 1.807) is 6.07 Å². The van der Waals surface area contributed by atoms with Crippen LogP contribution >= 0.6 is 0 Å². The molecule has 2 rings (SSSR count). The number of nitrogens with two attached hydrogens (primary N) is 1. The molecule has 0 heterocycles. The first kappa shape index (κ1) is 11.6. The van der Waals surface area contributed by atoms with Gasteiger partial charge in [0.25, 0.3) is 0 Å². The topological polar surface area (TPSA) is 84.9 Å². The molecular formula is C12H14N2O3. The summed E-state index contributed by atoms with van der Waals surface area (Å²) in [6, 6.07) is 5.59. The van der Waals surface area contributed by atoms with Crippen LogP contribution < -0.4 is 5.84 Å². The Hall–Kier alpha value is -1.88. The molecule has 0 bridgehead atoms. The summed E-state index contributed by atoms with van der Waals surface area (Å²) in [4.78, 5) is 11.6. The van der Waals surface area contributed by atoms with Crippen molar-refractivity contribution < 1.29 is 14.6 Å². The molecule has 1 aliphatic carbocycles. The largest absolute Gasteiger partial charge is 0.467 e. The number of nitrogens with zero attached hydrogens (tertiary/aromatic N) is 1. The molecule has 0 saturated heterocycles. The van der Waals surface area contributed by atoms with Crippen LogP contribution in [0.4, 0.5) is 0 Å². The maximum absolute atomic E-state index is 11.6. The molecule has 0 fully saturated rings. The molecule has 17 heavy (non-hydrogen) atoms. The lowest BCUT2D eigenvalue weighted by atomic mass is 9.99. The van der Waals surface area contributed by atoms with E-state index in [0.717, 1.165) is 11.1 Å². The van der Waals surface area contributed by atoms with E-state index in [1.807, 2.05) is 19.1 Å². The quantitative estimate of drug-likeness (QED) is 0.410. The van der Waals surface area contributed by atoms with Gasteiger partial charge in [-0.25, -0.2) is 4.79 Å². The van der Waals surface area contributed by atoms with Crippen molar-refractivity contribution in [3.8, 4) is 0 Å². The first-order valence-corrected chi connectivity index (χ1v) is 5.22. The first-order valence-electron chi connectivity index (χ1n) is 5.22. The molecule has 5 nitrogen and oxygen atoms in total. The van der Waals surface area contributed by atoms with Crippen LogP contribution in [0.25, 0.3) is 0 Å². The fourth-order valence-corrected chi connectivity index (χ4v) is 2.20. The van der Waals surface area contributed by atoms with Gasteiger partial charge in [0.1, 0.15) is 5.71 Å². The minimum Gasteiger partial charge on any atom is -0.467 e. The molecule has 0 aliphatic heterocycles. The molecule has 1 aromatic carbocycles. The number of aryl methyl sites for hydroxylation is 1. The van der Waals surface area contributed by atoms with Crippen molar-refractivity contribution in [2.75, 3.05) is 7.11 Å². The van der Waals surface area contributed by atoms with E-state index in [1.165, 1.54) is 7.11 Å². The Bertz CT molecular complexity index is 510. The predicted octanol–water partition coefficient (Wildman–Crippen LogP) is 0.118. The summed E-state index contributed by atoms with van der Waals surface area (Å²) in [5.41, 5.74) is 1.00. The van der Waals surface area contributed by atoms with Gasteiger partial charge < -0.3 is 15.7 Å². The van der Waals surface area contributed by atoms with E-state index < -0.39 is 11.6 Å². The number of carbonyl (C=O) groups is 1. The van der Waals surface area contributed by atoms with Gasteiger partial charge in [0.2, 0.25) is 5.60 Å². The molecule has 1 aromatic rings. The van der Waals surface area contributed by atoms with E-state index in [2.05, 4.69) is 9.84 Å². The Morgan fingerprint density at radius 3 is 2.88 bits per heavy atom. The minimum absolute atomic E-state index is 0.146. The second kappa shape index (κ2) is 3.85. The number of carbonyl (C=O) groups excluding carboxylic acids is 1. The lowest BCUT2D eigenvalue weighted by molar-refractivity contribution is -0.154. The van der Waals surface area contributed by atoms with Gasteiger partial charge >= 0.3 is 5.97 Å². The van der Waals surface area contributed by atoms with Crippen molar-refractivity contribution in [1.82, 2.24) is 0 Å². The van der Waals surface area contributed by atoms with Crippen molar-refractivity contribution >= 4 is 11.7 Å². The predicted molar refractivity (Wildman–Crippen MR) is 62.6 cm³/mol. The summed E-state index contributed by atoms with van der Waals surface area (Å²) in [5.74, 6) is 4.53. The van der Waals surface area contributed by atoms with Crippen LogP contribution in [0, 0.1) is 6.92 Å². The Labute approximate surface area is 98.9 Å². The third kappa shape index (κ3) is 1.59. The highest BCUT2D eigenvalue weighted by Gasteiger charge is 2.49. The molecule has 0 aromatic heterocycles. The zero-order chi connectivity index (χ0) is 12.6. The van der Waals surface area contributed by atoms with Crippen LogP contribution in [0.3, 0.4) is 0 Å². The van der Waals surface area contributed by atoms with Gasteiger partial charge in [0.15, 0.2) is 0 Å². The number of methoxy groups -OCH3 is 1. The van der Waals surface area contributed by atoms with E-state index in [4.69, 9.17) is 5.84 Å². The standard InChI is InChI=1S/C12H14N2O3/c1-7-3-4-9-8(5-7)6-12(16,10(9)14-13)11(15)17-2/h3-5,16H,6,13H2,1-2H3/b14-10-. The minimum atomic E-state index is -1.76. The number of fused-ring (bicyclic) bond motifs is 1. The van der Waals surface area contributed by atoms with Crippen LogP contribution in [0.15, 0.2) is 23.3 Å². The van der Waals surface area contributed by atoms with Gasteiger partial charge in [-0.2, -0.15) is 5.10 Å². The summed E-state index contributed by atoms with van der Waals surface area (Å²) in [6.07, 6.45) is 0.146. The molecule has 1 atom stereocenters. The van der Waals surface area contributed by atoms with Gasteiger partial charge in [-0.3, -0.25) is 0 Å². The summed E-state index contributed by atoms with van der Waals surface area (Å²) in [5, 5.41) is 13.9. The van der Waals surface area contributed by atoms with Gasteiger partial charge in [-0.1, -0.05) is 23.8 Å². The Kier molecular flexibility index (Phi) is 2.63. The third-order valence-electron chi connectivity index (χ3n) is 3.01. The molecule has 0 radical (unpaired) electrons. The highest BCUT2D eigenvalue weighted by molar-refractivity contribution is 6.21. The van der Waals surface area contributed by atoms with Crippen molar-refractivity contribution in [1.29, 1.82) is 0 Å². The summed E-state index contributed by atoms with van der Waals surface area (Å²) >= 11 is 0. The SMILES string of the molecule is COC(=O)C1(O)Cc2cc(C)ccc2/C1=N/N. The normalized spacial score (nSPS) is 24.8. The molecular weight excluding hydrogens is 220 g/mol. The Morgan fingerprint density at radius 1 is 1.59 bits per heavy atom. The highest BCUT2D eigenvalue weighted by atomic mass is 16.5. The monoisotopic (exact) mass is 234 g/mol. The molecule has 0 spiro atoms. The number of rotatable bonds is 1. The molecule has 1 aliphatic rings. The molecule has 0 saturated carbocycles. The van der Waals surface area contributed by atoms with E-state index >= 15 is 0 Å². The fourth-order valence-electron chi connectivity index (χ4n) is 2.20. The lowest BCUT2D eigenvalue weighted by Gasteiger charge is -2.19. The van der Waals surface area contributed by atoms with Crippen LogP contribution in [0.1, 0.15) is 16.7 Å². The van der Waals surface area contributed by atoms with Crippen molar-refractivity contribution in [3.05, 3.63) is 34.9 Å². The average Bonchev–Trinajstić information content (AvgIpc) is 2.59. The molecule has 90 valence electrons. The fraction of sp³-hybridized carbons (Fsp3) is 0.333. The van der Waals surface area contributed by atoms with Crippen LogP contribution in [0.5, 0.6) is 0 Å². The maximum atomic E-state index is 11.6. The van der Waals surface area contributed by atoms with E-state index in [9.17, 15) is 9.90 Å². The average molecular weight is 234 g/mol. The van der Waals surface area contributed by atoms with E-state index in [0.29, 0.717) is 5.56 Å². The number of hydrogen-bond donors (Lipinski definition) is 2. The summed E-state index contributed by atoms with van der Waals surface area (Å²) in [7, 11) is 1.22. The maximum Gasteiger partial charge on any atom is 0.344 e. The number of hydrazone groups is 1. The smallest absolute Gasteiger partial charge is 0.344 e. The number of hydrogen-bond acceptors (Lipinski definition) is 5. The molecule has 5 heteroatoms. The molecule has 3 N–H and O–H groups in total. The van der Waals surface area contributed by atoms with Crippen LogP contribution in [0.2, 0.25) is 0 Å². The Balaban J connectivity index is 2.56. The third-order valence-corrected chi connectivity index (χ3v) is 3.01. The Morgan fingerprint density at radius 2 is 2.29 bits per heavy atom. The summed E-state index contributed by atoms with van der Waals surface area (Å²) < 4.78 is 4.61.